The second-order valence-electron chi connectivity index (χ2n) is 7.35. The van der Waals surface area contributed by atoms with Gasteiger partial charge in [-0.3, -0.25) is 9.59 Å². The summed E-state index contributed by atoms with van der Waals surface area (Å²) in [4.78, 5) is 30.7. The van der Waals surface area contributed by atoms with E-state index in [2.05, 4.69) is 6.92 Å². The summed E-state index contributed by atoms with van der Waals surface area (Å²) in [6.45, 7) is 3.08. The van der Waals surface area contributed by atoms with Gasteiger partial charge < -0.3 is 14.5 Å². The molecule has 2 saturated heterocycles. The molecule has 28 heavy (non-hydrogen) atoms. The molecule has 2 aromatic rings. The summed E-state index contributed by atoms with van der Waals surface area (Å²) in [5, 5.41) is 2.02. The van der Waals surface area contributed by atoms with Gasteiger partial charge in [0.15, 0.2) is 0 Å². The Bertz CT molecular complexity index is 870. The molecule has 7 heteroatoms. The van der Waals surface area contributed by atoms with E-state index in [1.165, 1.54) is 0 Å². The Morgan fingerprint density at radius 1 is 1.29 bits per heavy atom. The first kappa shape index (κ1) is 19.3. The Morgan fingerprint density at radius 2 is 2.11 bits per heavy atom. The molecule has 0 bridgehead atoms. The van der Waals surface area contributed by atoms with Crippen molar-refractivity contribution in [3.63, 3.8) is 0 Å². The van der Waals surface area contributed by atoms with Gasteiger partial charge in [0.25, 0.3) is 0 Å². The van der Waals surface area contributed by atoms with Crippen molar-refractivity contribution in [3.8, 4) is 5.75 Å². The molecule has 2 atom stereocenters. The molecule has 4 rings (SSSR count). The molecule has 3 heterocycles. The van der Waals surface area contributed by atoms with Gasteiger partial charge in [0.05, 0.1) is 18.5 Å². The fourth-order valence-electron chi connectivity index (χ4n) is 4.06. The molecule has 2 amide bonds. The predicted octanol–water partition coefficient (Wildman–Crippen LogP) is 3.74. The second kappa shape index (κ2) is 7.79. The Kier molecular flexibility index (Phi) is 5.38. The van der Waals surface area contributed by atoms with E-state index in [0.29, 0.717) is 25.3 Å². The van der Waals surface area contributed by atoms with E-state index < -0.39 is 0 Å². The molecule has 2 aliphatic rings. The maximum Gasteiger partial charge on any atom is 0.246 e. The molecule has 148 valence electrons. The van der Waals surface area contributed by atoms with Crippen LogP contribution in [-0.4, -0.2) is 45.4 Å². The van der Waals surface area contributed by atoms with Crippen molar-refractivity contribution in [2.24, 2.45) is 0 Å². The first-order valence-corrected chi connectivity index (χ1v) is 11.3. The van der Waals surface area contributed by atoms with Crippen LogP contribution in [0.2, 0.25) is 0 Å². The van der Waals surface area contributed by atoms with Crippen LogP contribution < -0.4 is 4.74 Å². The van der Waals surface area contributed by atoms with Crippen LogP contribution >= 0.6 is 23.1 Å². The summed E-state index contributed by atoms with van der Waals surface area (Å²) in [5.74, 6) is 1.55. The van der Waals surface area contributed by atoms with Gasteiger partial charge in [0.1, 0.15) is 11.8 Å². The predicted molar refractivity (Wildman–Crippen MR) is 112 cm³/mol. The van der Waals surface area contributed by atoms with E-state index in [9.17, 15) is 9.59 Å². The van der Waals surface area contributed by atoms with Crippen LogP contribution in [0.4, 0.5) is 0 Å². The second-order valence-corrected chi connectivity index (χ2v) is 9.88. The third-order valence-electron chi connectivity index (χ3n) is 5.52. The van der Waals surface area contributed by atoms with Gasteiger partial charge in [-0.15, -0.1) is 23.1 Å². The van der Waals surface area contributed by atoms with Crippen molar-refractivity contribution in [2.45, 2.75) is 43.8 Å². The zero-order valence-electron chi connectivity index (χ0n) is 16.1. The largest absolute Gasteiger partial charge is 0.496 e. The number of carbonyl (C=O) groups excluding carboxylic acids is 2. The van der Waals surface area contributed by atoms with Gasteiger partial charge in [0.2, 0.25) is 11.8 Å². The number of ether oxygens (including phenoxy) is 1. The Hall–Kier alpha value is -1.99. The average Bonchev–Trinajstić information content (AvgIpc) is 3.39. The number of nitrogens with zero attached hydrogens (tertiary/aromatic N) is 2. The SMILES string of the molecule is COc1ccccc1CN(Cc1cccs1)C(=O)[C@H]1CS[C@]2(C)CCC(=O)N12. The molecule has 2 fully saturated rings. The highest BCUT2D eigenvalue weighted by atomic mass is 32.2. The summed E-state index contributed by atoms with van der Waals surface area (Å²) in [5.41, 5.74) is 0.969. The summed E-state index contributed by atoms with van der Waals surface area (Å²) in [7, 11) is 1.65. The topological polar surface area (TPSA) is 49.9 Å². The molecule has 0 saturated carbocycles. The molecule has 5 nitrogen and oxygen atoms in total. The number of fused-ring (bicyclic) bond motifs is 1. The first-order chi connectivity index (χ1) is 13.5. The monoisotopic (exact) mass is 416 g/mol. The van der Waals surface area contributed by atoms with Crippen molar-refractivity contribution < 1.29 is 14.3 Å². The summed E-state index contributed by atoms with van der Waals surface area (Å²) in [6, 6.07) is 11.4. The van der Waals surface area contributed by atoms with Gasteiger partial charge in [-0.2, -0.15) is 0 Å². The lowest BCUT2D eigenvalue weighted by molar-refractivity contribution is -0.144. The molecule has 1 aromatic carbocycles. The molecule has 2 aliphatic heterocycles. The van der Waals surface area contributed by atoms with E-state index in [1.807, 2.05) is 51.6 Å². The van der Waals surface area contributed by atoms with Crippen LogP contribution in [0.5, 0.6) is 5.75 Å². The Morgan fingerprint density at radius 3 is 2.86 bits per heavy atom. The van der Waals surface area contributed by atoms with E-state index in [4.69, 9.17) is 4.74 Å². The van der Waals surface area contributed by atoms with Crippen molar-refractivity contribution >= 4 is 34.9 Å². The smallest absolute Gasteiger partial charge is 0.246 e. The van der Waals surface area contributed by atoms with Crippen molar-refractivity contribution in [3.05, 3.63) is 52.2 Å². The number of rotatable bonds is 6. The molecule has 0 unspecified atom stereocenters. The van der Waals surface area contributed by atoms with Gasteiger partial charge in [-0.25, -0.2) is 0 Å². The zero-order chi connectivity index (χ0) is 19.7. The highest BCUT2D eigenvalue weighted by Gasteiger charge is 2.53. The summed E-state index contributed by atoms with van der Waals surface area (Å²) < 4.78 is 5.49. The maximum absolute atomic E-state index is 13.6. The minimum absolute atomic E-state index is 0.0192. The minimum atomic E-state index is -0.389. The van der Waals surface area contributed by atoms with Crippen molar-refractivity contribution in [1.29, 1.82) is 0 Å². The van der Waals surface area contributed by atoms with Gasteiger partial charge >= 0.3 is 0 Å². The molecule has 0 spiro atoms. The summed E-state index contributed by atoms with van der Waals surface area (Å²) in [6.07, 6.45) is 1.35. The standard InChI is InChI=1S/C21H24N2O3S2/c1-21-10-9-19(24)23(21)17(14-28-21)20(25)22(13-16-7-5-11-27-16)12-15-6-3-4-8-18(15)26-2/h3-8,11,17H,9-10,12-14H2,1-2H3/t17-,21-/m1/s1. The first-order valence-electron chi connectivity index (χ1n) is 9.41. The van der Waals surface area contributed by atoms with Crippen LogP contribution in [0.25, 0.3) is 0 Å². The fraction of sp³-hybridized carbons (Fsp3) is 0.429. The Balaban J connectivity index is 1.61. The molecular weight excluding hydrogens is 392 g/mol. The molecule has 0 N–H and O–H groups in total. The van der Waals surface area contributed by atoms with E-state index in [1.54, 1.807) is 30.2 Å². The lowest BCUT2D eigenvalue weighted by Crippen LogP contribution is -2.51. The quantitative estimate of drug-likeness (QED) is 0.720. The number of thiophene rings is 1. The number of thioether (sulfide) groups is 1. The number of hydrogen-bond donors (Lipinski definition) is 0. The van der Waals surface area contributed by atoms with E-state index >= 15 is 0 Å². The highest BCUT2D eigenvalue weighted by Crippen LogP contribution is 2.47. The maximum atomic E-state index is 13.6. The van der Waals surface area contributed by atoms with Crippen LogP contribution in [-0.2, 0) is 22.7 Å². The number of hydrogen-bond acceptors (Lipinski definition) is 5. The van der Waals surface area contributed by atoms with E-state index in [0.717, 1.165) is 22.6 Å². The third kappa shape index (κ3) is 3.53. The van der Waals surface area contributed by atoms with Crippen LogP contribution in [0.15, 0.2) is 41.8 Å². The average molecular weight is 417 g/mol. The molecule has 0 aliphatic carbocycles. The van der Waals surface area contributed by atoms with E-state index in [-0.39, 0.29) is 22.7 Å². The van der Waals surface area contributed by atoms with Crippen molar-refractivity contribution in [2.75, 3.05) is 12.9 Å². The molecular formula is C21H24N2O3S2. The molecule has 1 aromatic heterocycles. The van der Waals surface area contributed by atoms with Crippen LogP contribution in [0.3, 0.4) is 0 Å². The minimum Gasteiger partial charge on any atom is -0.496 e. The molecule has 0 radical (unpaired) electrons. The number of para-hydroxylation sites is 1. The summed E-state index contributed by atoms with van der Waals surface area (Å²) >= 11 is 3.37. The zero-order valence-corrected chi connectivity index (χ0v) is 17.7. The van der Waals surface area contributed by atoms with Gasteiger partial charge in [0, 0.05) is 29.2 Å². The number of benzene rings is 1. The van der Waals surface area contributed by atoms with Gasteiger partial charge in [-0.05, 0) is 30.9 Å². The highest BCUT2D eigenvalue weighted by molar-refractivity contribution is 8.01. The number of methoxy groups -OCH3 is 1. The number of amides is 2. The van der Waals surface area contributed by atoms with Crippen LogP contribution in [0, 0.1) is 0 Å². The van der Waals surface area contributed by atoms with Gasteiger partial charge in [-0.1, -0.05) is 24.3 Å². The lowest BCUT2D eigenvalue weighted by atomic mass is 10.1. The third-order valence-corrected chi connectivity index (χ3v) is 7.89. The number of carbonyl (C=O) groups is 2. The lowest BCUT2D eigenvalue weighted by Gasteiger charge is -2.33. The Labute approximate surface area is 173 Å². The van der Waals surface area contributed by atoms with Crippen molar-refractivity contribution in [1.82, 2.24) is 9.80 Å². The normalized spacial score (nSPS) is 23.7. The van der Waals surface area contributed by atoms with Crippen LogP contribution in [0.1, 0.15) is 30.2 Å². The fourth-order valence-corrected chi connectivity index (χ4v) is 6.20.